The molecule has 0 aromatic carbocycles. The number of rotatable bonds is 11. The third-order valence-corrected chi connectivity index (χ3v) is 7.34. The molecule has 0 radical (unpaired) electrons. The third kappa shape index (κ3) is 4.05. The molecular weight excluding hydrogens is 330 g/mol. The normalized spacial score (nSPS) is 13.2. The highest BCUT2D eigenvalue weighted by molar-refractivity contribution is 7.25. The van der Waals surface area contributed by atoms with Gasteiger partial charge in [-0.1, -0.05) is 65.2 Å². The Bertz CT molecular complexity index is 685. The molecule has 3 heterocycles. The lowest BCUT2D eigenvalue weighted by Gasteiger charge is -2.14. The number of nitrogens with zero attached hydrogens (tertiary/aromatic N) is 1. The Morgan fingerprint density at radius 3 is 2.08 bits per heavy atom. The standard InChI is InChI=1S/C21H31NS2/c1-3-5-10-17(4-2)11-8-6-7-9-14-22-18-12-15-23-20(18)21-19(22)13-16-24-21/h12-13,15-17H,3-11,14H2,1-2H3. The second-order valence-corrected chi connectivity index (χ2v) is 8.87. The van der Waals surface area contributed by atoms with E-state index in [9.17, 15) is 0 Å². The third-order valence-electron chi connectivity index (χ3n) is 5.36. The van der Waals surface area contributed by atoms with Crippen molar-refractivity contribution in [2.45, 2.75) is 78.2 Å². The molecule has 3 heteroatoms. The molecule has 24 heavy (non-hydrogen) atoms. The molecular formula is C21H31NS2. The molecule has 0 spiro atoms. The maximum absolute atomic E-state index is 2.55. The predicted molar refractivity (Wildman–Crippen MR) is 112 cm³/mol. The molecule has 0 N–H and O–H groups in total. The lowest BCUT2D eigenvalue weighted by Crippen LogP contribution is -1.99. The van der Waals surface area contributed by atoms with Crippen LogP contribution in [0.2, 0.25) is 0 Å². The zero-order valence-electron chi connectivity index (χ0n) is 15.2. The second kappa shape index (κ2) is 9.05. The Hall–Kier alpha value is -0.800. The number of fused-ring (bicyclic) bond motifs is 3. The van der Waals surface area contributed by atoms with Crippen LogP contribution in [-0.2, 0) is 6.54 Å². The summed E-state index contributed by atoms with van der Waals surface area (Å²) in [6.07, 6.45) is 12.6. The van der Waals surface area contributed by atoms with Crippen LogP contribution in [0.4, 0.5) is 0 Å². The lowest BCUT2D eigenvalue weighted by molar-refractivity contribution is 0.399. The van der Waals surface area contributed by atoms with E-state index < -0.39 is 0 Å². The molecule has 0 aliphatic heterocycles. The molecule has 0 saturated heterocycles. The van der Waals surface area contributed by atoms with Gasteiger partial charge in [0.25, 0.3) is 0 Å². The molecule has 1 unspecified atom stereocenters. The largest absolute Gasteiger partial charge is 0.339 e. The van der Waals surface area contributed by atoms with Gasteiger partial charge in [-0.15, -0.1) is 22.7 Å². The summed E-state index contributed by atoms with van der Waals surface area (Å²) in [5.41, 5.74) is 2.90. The molecule has 1 atom stereocenters. The molecule has 3 aromatic rings. The van der Waals surface area contributed by atoms with Crippen molar-refractivity contribution in [2.75, 3.05) is 0 Å². The van der Waals surface area contributed by atoms with E-state index in [4.69, 9.17) is 0 Å². The SMILES string of the molecule is CCCCC(CC)CCCCCCn1c2ccsc2c2sccc21. The molecule has 3 rings (SSSR count). The first kappa shape index (κ1) is 18.0. The van der Waals surface area contributed by atoms with Crippen molar-refractivity contribution in [2.24, 2.45) is 5.92 Å². The zero-order chi connectivity index (χ0) is 16.8. The fraction of sp³-hybridized carbons (Fsp3) is 0.619. The van der Waals surface area contributed by atoms with Gasteiger partial charge in [-0.3, -0.25) is 0 Å². The highest BCUT2D eigenvalue weighted by Crippen LogP contribution is 2.36. The van der Waals surface area contributed by atoms with Crippen LogP contribution >= 0.6 is 22.7 Å². The quantitative estimate of drug-likeness (QED) is 0.304. The number of thiophene rings is 2. The summed E-state index contributed by atoms with van der Waals surface area (Å²) in [6.45, 7) is 5.86. The monoisotopic (exact) mass is 361 g/mol. The van der Waals surface area contributed by atoms with Gasteiger partial charge in [0, 0.05) is 6.54 Å². The van der Waals surface area contributed by atoms with E-state index >= 15 is 0 Å². The number of aryl methyl sites for hydroxylation is 1. The van der Waals surface area contributed by atoms with Crippen LogP contribution < -0.4 is 0 Å². The van der Waals surface area contributed by atoms with Gasteiger partial charge in [-0.05, 0) is 35.2 Å². The molecule has 0 fully saturated rings. The molecule has 132 valence electrons. The molecule has 0 aliphatic carbocycles. The van der Waals surface area contributed by atoms with Crippen LogP contribution in [0.25, 0.3) is 20.4 Å². The smallest absolute Gasteiger partial charge is 0.0700 e. The Labute approximate surface area is 154 Å². The number of hydrogen-bond acceptors (Lipinski definition) is 2. The van der Waals surface area contributed by atoms with Crippen LogP contribution in [-0.4, -0.2) is 4.57 Å². The van der Waals surface area contributed by atoms with E-state index in [-0.39, 0.29) is 0 Å². The van der Waals surface area contributed by atoms with E-state index in [1.807, 2.05) is 22.7 Å². The minimum atomic E-state index is 0.977. The first-order valence-corrected chi connectivity index (χ1v) is 11.5. The summed E-state index contributed by atoms with van der Waals surface area (Å²) in [7, 11) is 0. The van der Waals surface area contributed by atoms with Gasteiger partial charge < -0.3 is 4.57 Å². The van der Waals surface area contributed by atoms with Crippen molar-refractivity contribution < 1.29 is 0 Å². The molecule has 0 bridgehead atoms. The summed E-state index contributed by atoms with van der Waals surface area (Å²) < 4.78 is 5.52. The van der Waals surface area contributed by atoms with Gasteiger partial charge in [0.15, 0.2) is 0 Å². The topological polar surface area (TPSA) is 4.93 Å². The van der Waals surface area contributed by atoms with Crippen LogP contribution in [0, 0.1) is 5.92 Å². The summed E-state index contributed by atoms with van der Waals surface area (Å²) >= 11 is 3.78. The van der Waals surface area contributed by atoms with E-state index in [1.165, 1.54) is 84.8 Å². The van der Waals surface area contributed by atoms with Gasteiger partial charge in [-0.2, -0.15) is 0 Å². The Morgan fingerprint density at radius 2 is 1.46 bits per heavy atom. The maximum Gasteiger partial charge on any atom is 0.0700 e. The second-order valence-electron chi connectivity index (χ2n) is 7.04. The number of aromatic nitrogens is 1. The van der Waals surface area contributed by atoms with Gasteiger partial charge >= 0.3 is 0 Å². The summed E-state index contributed by atoms with van der Waals surface area (Å²) in [6, 6.07) is 4.60. The average Bonchev–Trinajstić information content (AvgIpc) is 3.29. The van der Waals surface area contributed by atoms with Crippen molar-refractivity contribution in [1.29, 1.82) is 0 Å². The first-order valence-electron chi connectivity index (χ1n) is 9.78. The van der Waals surface area contributed by atoms with Gasteiger partial charge in [-0.25, -0.2) is 0 Å². The highest BCUT2D eigenvalue weighted by Gasteiger charge is 2.12. The molecule has 0 amide bonds. The minimum absolute atomic E-state index is 0.977. The van der Waals surface area contributed by atoms with E-state index in [0.29, 0.717) is 0 Å². The van der Waals surface area contributed by atoms with Crippen molar-refractivity contribution in [3.05, 3.63) is 22.9 Å². The molecule has 3 aromatic heterocycles. The van der Waals surface area contributed by atoms with Crippen molar-refractivity contribution >= 4 is 43.1 Å². The maximum atomic E-state index is 2.55. The van der Waals surface area contributed by atoms with E-state index in [0.717, 1.165) is 5.92 Å². The fourth-order valence-electron chi connectivity index (χ4n) is 3.84. The highest BCUT2D eigenvalue weighted by atomic mass is 32.1. The van der Waals surface area contributed by atoms with Crippen LogP contribution in [0.1, 0.15) is 71.6 Å². The lowest BCUT2D eigenvalue weighted by atomic mass is 9.93. The summed E-state index contributed by atoms with van der Waals surface area (Å²) in [4.78, 5) is 0. The number of unbranched alkanes of at least 4 members (excludes halogenated alkanes) is 4. The molecule has 0 aliphatic rings. The van der Waals surface area contributed by atoms with Crippen molar-refractivity contribution in [3.8, 4) is 0 Å². The van der Waals surface area contributed by atoms with Crippen molar-refractivity contribution in [3.63, 3.8) is 0 Å². The predicted octanol–water partition coefficient (Wildman–Crippen LogP) is 8.08. The van der Waals surface area contributed by atoms with Gasteiger partial charge in [0.1, 0.15) is 0 Å². The average molecular weight is 362 g/mol. The Balaban J connectivity index is 1.43. The Morgan fingerprint density at radius 1 is 0.833 bits per heavy atom. The van der Waals surface area contributed by atoms with Crippen LogP contribution in [0.15, 0.2) is 22.9 Å². The molecule has 1 nitrogen and oxygen atoms in total. The molecule has 0 saturated carbocycles. The fourth-order valence-corrected chi connectivity index (χ4v) is 5.82. The number of hydrogen-bond donors (Lipinski definition) is 0. The zero-order valence-corrected chi connectivity index (χ0v) is 16.9. The summed E-state index contributed by atoms with van der Waals surface area (Å²) in [5, 5.41) is 4.48. The van der Waals surface area contributed by atoms with Crippen LogP contribution in [0.5, 0.6) is 0 Å². The van der Waals surface area contributed by atoms with Crippen molar-refractivity contribution in [1.82, 2.24) is 4.57 Å². The van der Waals surface area contributed by atoms with Gasteiger partial charge in [0.2, 0.25) is 0 Å². The Kier molecular flexibility index (Phi) is 6.79. The first-order chi connectivity index (χ1) is 11.8. The summed E-state index contributed by atoms with van der Waals surface area (Å²) in [5.74, 6) is 0.977. The minimum Gasteiger partial charge on any atom is -0.339 e. The van der Waals surface area contributed by atoms with E-state index in [2.05, 4.69) is 41.3 Å². The van der Waals surface area contributed by atoms with Gasteiger partial charge in [0.05, 0.1) is 20.4 Å². The van der Waals surface area contributed by atoms with E-state index in [1.54, 1.807) is 0 Å². The van der Waals surface area contributed by atoms with Crippen LogP contribution in [0.3, 0.4) is 0 Å².